The lowest BCUT2D eigenvalue weighted by Crippen LogP contribution is -2.40. The van der Waals surface area contributed by atoms with Crippen molar-refractivity contribution in [1.29, 1.82) is 0 Å². The third-order valence-corrected chi connectivity index (χ3v) is 3.33. The Bertz CT molecular complexity index is 444. The molecule has 1 aromatic rings. The first-order valence-corrected chi connectivity index (χ1v) is 6.46. The standard InChI is InChI=1S/C13H22N4O/c1-13(2,14)7-12(18)16-10-5-4-6-11-9(10)8-15-17(11)3/h8,10H,4-7,14H2,1-3H3,(H,16,18). The van der Waals surface area contributed by atoms with Crippen LogP contribution in [0.5, 0.6) is 0 Å². The highest BCUT2D eigenvalue weighted by molar-refractivity contribution is 5.77. The molecule has 1 heterocycles. The first kappa shape index (κ1) is 13.1. The number of nitrogens with zero attached hydrogens (tertiary/aromatic N) is 2. The van der Waals surface area contributed by atoms with Gasteiger partial charge in [0.25, 0.3) is 0 Å². The molecule has 1 aromatic heterocycles. The SMILES string of the molecule is Cn1ncc2c1CCCC2NC(=O)CC(C)(C)N. The van der Waals surface area contributed by atoms with Gasteiger partial charge in [-0.1, -0.05) is 0 Å². The van der Waals surface area contributed by atoms with E-state index in [1.165, 1.54) is 5.69 Å². The maximum absolute atomic E-state index is 11.9. The maximum atomic E-state index is 11.9. The predicted molar refractivity (Wildman–Crippen MR) is 69.9 cm³/mol. The topological polar surface area (TPSA) is 72.9 Å². The molecule has 5 nitrogen and oxygen atoms in total. The normalized spacial score (nSPS) is 19.4. The quantitative estimate of drug-likeness (QED) is 0.842. The van der Waals surface area contributed by atoms with Crippen molar-refractivity contribution in [2.75, 3.05) is 0 Å². The summed E-state index contributed by atoms with van der Waals surface area (Å²) in [6, 6.07) is 0.0947. The van der Waals surface area contributed by atoms with E-state index in [1.54, 1.807) is 0 Å². The fraction of sp³-hybridized carbons (Fsp3) is 0.692. The minimum Gasteiger partial charge on any atom is -0.349 e. The van der Waals surface area contributed by atoms with Crippen molar-refractivity contribution in [1.82, 2.24) is 15.1 Å². The monoisotopic (exact) mass is 250 g/mol. The average Bonchev–Trinajstić information content (AvgIpc) is 2.59. The highest BCUT2D eigenvalue weighted by atomic mass is 16.1. The van der Waals surface area contributed by atoms with Crippen molar-refractivity contribution in [3.05, 3.63) is 17.5 Å². The number of hydrogen-bond donors (Lipinski definition) is 2. The lowest BCUT2D eigenvalue weighted by Gasteiger charge is -2.25. The molecular weight excluding hydrogens is 228 g/mol. The van der Waals surface area contributed by atoms with E-state index in [0.29, 0.717) is 6.42 Å². The molecule has 1 unspecified atom stereocenters. The Balaban J connectivity index is 2.05. The van der Waals surface area contributed by atoms with Gasteiger partial charge in [0.2, 0.25) is 5.91 Å². The molecule has 0 saturated carbocycles. The third kappa shape index (κ3) is 2.90. The molecule has 18 heavy (non-hydrogen) atoms. The fourth-order valence-corrected chi connectivity index (χ4v) is 2.52. The van der Waals surface area contributed by atoms with Crippen molar-refractivity contribution in [3.63, 3.8) is 0 Å². The number of hydrogen-bond acceptors (Lipinski definition) is 3. The van der Waals surface area contributed by atoms with E-state index >= 15 is 0 Å². The minimum atomic E-state index is -0.462. The number of aromatic nitrogens is 2. The maximum Gasteiger partial charge on any atom is 0.222 e. The Morgan fingerprint density at radius 1 is 1.67 bits per heavy atom. The summed E-state index contributed by atoms with van der Waals surface area (Å²) >= 11 is 0. The number of amides is 1. The van der Waals surface area contributed by atoms with Gasteiger partial charge in [-0.2, -0.15) is 5.10 Å². The average molecular weight is 250 g/mol. The van der Waals surface area contributed by atoms with E-state index in [-0.39, 0.29) is 11.9 Å². The van der Waals surface area contributed by atoms with E-state index < -0.39 is 5.54 Å². The van der Waals surface area contributed by atoms with Crippen molar-refractivity contribution in [3.8, 4) is 0 Å². The lowest BCUT2D eigenvalue weighted by atomic mass is 9.92. The van der Waals surface area contributed by atoms with Crippen LogP contribution in [0.4, 0.5) is 0 Å². The largest absolute Gasteiger partial charge is 0.349 e. The van der Waals surface area contributed by atoms with Gasteiger partial charge in [0.1, 0.15) is 0 Å². The summed E-state index contributed by atoms with van der Waals surface area (Å²) in [5, 5.41) is 7.34. The van der Waals surface area contributed by atoms with Crippen LogP contribution >= 0.6 is 0 Å². The molecule has 0 aromatic carbocycles. The highest BCUT2D eigenvalue weighted by Gasteiger charge is 2.26. The van der Waals surface area contributed by atoms with Gasteiger partial charge in [-0.25, -0.2) is 0 Å². The van der Waals surface area contributed by atoms with Crippen LogP contribution in [0.2, 0.25) is 0 Å². The molecule has 0 saturated heterocycles. The number of nitrogens with one attached hydrogen (secondary N) is 1. The Kier molecular flexibility index (Phi) is 3.43. The zero-order valence-corrected chi connectivity index (χ0v) is 11.4. The first-order valence-electron chi connectivity index (χ1n) is 6.46. The van der Waals surface area contributed by atoms with Gasteiger partial charge in [0.15, 0.2) is 0 Å². The number of aryl methyl sites for hydroxylation is 1. The van der Waals surface area contributed by atoms with Gasteiger partial charge in [-0.3, -0.25) is 9.48 Å². The molecule has 0 spiro atoms. The Labute approximate surface area is 108 Å². The summed E-state index contributed by atoms with van der Waals surface area (Å²) < 4.78 is 1.90. The van der Waals surface area contributed by atoms with Crippen molar-refractivity contribution >= 4 is 5.91 Å². The molecule has 1 amide bonds. The van der Waals surface area contributed by atoms with E-state index in [2.05, 4.69) is 10.4 Å². The number of nitrogens with two attached hydrogens (primary N) is 1. The molecule has 0 radical (unpaired) electrons. The van der Waals surface area contributed by atoms with E-state index in [1.807, 2.05) is 31.8 Å². The highest BCUT2D eigenvalue weighted by Crippen LogP contribution is 2.29. The van der Waals surface area contributed by atoms with Crippen LogP contribution in [0.15, 0.2) is 6.20 Å². The molecule has 1 aliphatic rings. The predicted octanol–water partition coefficient (Wildman–Crippen LogP) is 1.04. The zero-order chi connectivity index (χ0) is 13.3. The van der Waals surface area contributed by atoms with Gasteiger partial charge in [0, 0.05) is 30.3 Å². The van der Waals surface area contributed by atoms with Crippen LogP contribution in [0.3, 0.4) is 0 Å². The number of fused-ring (bicyclic) bond motifs is 1. The second-order valence-electron chi connectivity index (χ2n) is 5.85. The molecule has 1 atom stereocenters. The molecule has 0 aliphatic heterocycles. The summed E-state index contributed by atoms with van der Waals surface area (Å²) in [5.41, 5.74) is 7.80. The number of carbonyl (C=O) groups excluding carboxylic acids is 1. The van der Waals surface area contributed by atoms with Crippen LogP contribution in [0, 0.1) is 0 Å². The smallest absolute Gasteiger partial charge is 0.222 e. The molecule has 2 rings (SSSR count). The van der Waals surface area contributed by atoms with E-state index in [0.717, 1.165) is 24.8 Å². The fourth-order valence-electron chi connectivity index (χ4n) is 2.52. The molecule has 3 N–H and O–H groups in total. The molecule has 1 aliphatic carbocycles. The van der Waals surface area contributed by atoms with Crippen molar-refractivity contribution < 1.29 is 4.79 Å². The number of rotatable bonds is 3. The Morgan fingerprint density at radius 2 is 2.39 bits per heavy atom. The van der Waals surface area contributed by atoms with Crippen LogP contribution in [0.25, 0.3) is 0 Å². The molecule has 100 valence electrons. The summed E-state index contributed by atoms with van der Waals surface area (Å²) in [5.74, 6) is 0.0178. The first-order chi connectivity index (χ1) is 8.37. The van der Waals surface area contributed by atoms with Gasteiger partial charge in [-0.15, -0.1) is 0 Å². The summed E-state index contributed by atoms with van der Waals surface area (Å²) in [6.07, 6.45) is 5.33. The van der Waals surface area contributed by atoms with Crippen molar-refractivity contribution in [2.45, 2.75) is 51.1 Å². The van der Waals surface area contributed by atoms with Crippen LogP contribution < -0.4 is 11.1 Å². The summed E-state index contributed by atoms with van der Waals surface area (Å²) in [6.45, 7) is 3.73. The molecular formula is C13H22N4O. The molecule has 0 bridgehead atoms. The van der Waals surface area contributed by atoms with E-state index in [9.17, 15) is 4.79 Å². The minimum absolute atomic E-state index is 0.0178. The van der Waals surface area contributed by atoms with Crippen LogP contribution in [-0.4, -0.2) is 21.2 Å². The van der Waals surface area contributed by atoms with Crippen LogP contribution in [-0.2, 0) is 18.3 Å². The Hall–Kier alpha value is -1.36. The van der Waals surface area contributed by atoms with Gasteiger partial charge >= 0.3 is 0 Å². The zero-order valence-electron chi connectivity index (χ0n) is 11.4. The van der Waals surface area contributed by atoms with Gasteiger partial charge in [-0.05, 0) is 33.1 Å². The van der Waals surface area contributed by atoms with Crippen molar-refractivity contribution in [2.24, 2.45) is 12.8 Å². The molecule has 5 heteroatoms. The third-order valence-electron chi connectivity index (χ3n) is 3.33. The van der Waals surface area contributed by atoms with Gasteiger partial charge in [0.05, 0.1) is 12.2 Å². The molecule has 0 fully saturated rings. The number of carbonyl (C=O) groups is 1. The summed E-state index contributed by atoms with van der Waals surface area (Å²) in [4.78, 5) is 11.9. The van der Waals surface area contributed by atoms with Gasteiger partial charge < -0.3 is 11.1 Å². The second-order valence-corrected chi connectivity index (χ2v) is 5.85. The lowest BCUT2D eigenvalue weighted by molar-refractivity contribution is -0.122. The van der Waals surface area contributed by atoms with E-state index in [4.69, 9.17) is 5.73 Å². The summed E-state index contributed by atoms with van der Waals surface area (Å²) in [7, 11) is 1.95. The Morgan fingerprint density at radius 3 is 3.06 bits per heavy atom. The van der Waals surface area contributed by atoms with Crippen LogP contribution in [0.1, 0.15) is 50.4 Å². The second kappa shape index (κ2) is 4.72.